The Morgan fingerprint density at radius 3 is 2.45 bits per heavy atom. The van der Waals surface area contributed by atoms with E-state index < -0.39 is 0 Å². The largest absolute Gasteiger partial charge is 0.370 e. The van der Waals surface area contributed by atoms with Crippen molar-refractivity contribution in [2.24, 2.45) is 5.92 Å². The average molecular weight is 273 g/mol. The van der Waals surface area contributed by atoms with Gasteiger partial charge >= 0.3 is 0 Å². The van der Waals surface area contributed by atoms with Crippen molar-refractivity contribution in [1.29, 1.82) is 0 Å². The molecule has 2 aliphatic rings. The summed E-state index contributed by atoms with van der Waals surface area (Å²) in [5, 5.41) is 3.81. The molecule has 1 atom stereocenters. The lowest BCUT2D eigenvalue weighted by Gasteiger charge is -2.45. The molecule has 1 heterocycles. The summed E-state index contributed by atoms with van der Waals surface area (Å²) in [5.41, 5.74) is 2.98. The maximum atomic E-state index is 6.20. The van der Waals surface area contributed by atoms with Crippen molar-refractivity contribution < 1.29 is 4.74 Å². The van der Waals surface area contributed by atoms with Gasteiger partial charge in [0.05, 0.1) is 12.7 Å². The van der Waals surface area contributed by atoms with Crippen LogP contribution in [0.25, 0.3) is 0 Å². The fourth-order valence-electron chi connectivity index (χ4n) is 3.50. The van der Waals surface area contributed by atoms with E-state index in [-0.39, 0.29) is 11.6 Å². The molecule has 1 unspecified atom stereocenters. The molecule has 110 valence electrons. The van der Waals surface area contributed by atoms with Crippen LogP contribution in [0.3, 0.4) is 0 Å². The molecule has 1 aromatic rings. The molecule has 1 N–H and O–H groups in total. The maximum absolute atomic E-state index is 6.20. The Morgan fingerprint density at radius 2 is 1.90 bits per heavy atom. The number of hydrogen-bond donors (Lipinski definition) is 1. The molecule has 2 heteroatoms. The van der Waals surface area contributed by atoms with E-state index in [0.29, 0.717) is 0 Å². The maximum Gasteiger partial charge on any atom is 0.0950 e. The first-order chi connectivity index (χ1) is 9.71. The summed E-state index contributed by atoms with van der Waals surface area (Å²) in [4.78, 5) is 0. The zero-order valence-corrected chi connectivity index (χ0v) is 12.8. The van der Waals surface area contributed by atoms with Gasteiger partial charge in [-0.15, -0.1) is 0 Å². The summed E-state index contributed by atoms with van der Waals surface area (Å²) in [5.74, 6) is 0.890. The molecule has 1 spiro atoms. The molecule has 1 aliphatic carbocycles. The number of benzene rings is 1. The Balaban J connectivity index is 1.60. The Labute approximate surface area is 122 Å². The van der Waals surface area contributed by atoms with Crippen molar-refractivity contribution in [1.82, 2.24) is 5.32 Å². The zero-order valence-electron chi connectivity index (χ0n) is 12.8. The van der Waals surface area contributed by atoms with Gasteiger partial charge in [-0.1, -0.05) is 38.1 Å². The second-order valence-corrected chi connectivity index (χ2v) is 6.74. The monoisotopic (exact) mass is 273 g/mol. The standard InChI is InChI=1S/C18H27NO/c1-3-15-4-6-16(7-5-15)17-12-19-18(13-20-17)10-8-14(2)9-11-18/h4-7,14,17,19H,3,8-13H2,1-2H3. The first kappa shape index (κ1) is 14.1. The summed E-state index contributed by atoms with van der Waals surface area (Å²) in [6, 6.07) is 8.91. The first-order valence-electron chi connectivity index (χ1n) is 8.16. The zero-order chi connectivity index (χ0) is 14.0. The van der Waals surface area contributed by atoms with E-state index in [4.69, 9.17) is 4.74 Å². The molecule has 0 amide bonds. The molecule has 2 fully saturated rings. The number of nitrogens with one attached hydrogen (secondary N) is 1. The highest BCUT2D eigenvalue weighted by Crippen LogP contribution is 2.36. The molecule has 1 saturated carbocycles. The van der Waals surface area contributed by atoms with Gasteiger partial charge in [-0.05, 0) is 49.1 Å². The fraction of sp³-hybridized carbons (Fsp3) is 0.667. The number of morpholine rings is 1. The van der Waals surface area contributed by atoms with E-state index in [9.17, 15) is 0 Å². The van der Waals surface area contributed by atoms with E-state index in [1.165, 1.54) is 36.8 Å². The molecule has 3 rings (SSSR count). The molecular weight excluding hydrogens is 246 g/mol. The predicted octanol–water partition coefficient (Wildman–Crippen LogP) is 3.86. The number of hydrogen-bond acceptors (Lipinski definition) is 2. The molecule has 2 nitrogen and oxygen atoms in total. The Kier molecular flexibility index (Phi) is 4.13. The Bertz CT molecular complexity index is 421. The third-order valence-electron chi connectivity index (χ3n) is 5.21. The van der Waals surface area contributed by atoms with E-state index >= 15 is 0 Å². The summed E-state index contributed by atoms with van der Waals surface area (Å²) in [6.45, 7) is 6.40. The van der Waals surface area contributed by atoms with Gasteiger partial charge in [0.2, 0.25) is 0 Å². The number of ether oxygens (including phenoxy) is 1. The van der Waals surface area contributed by atoms with Crippen LogP contribution in [-0.4, -0.2) is 18.7 Å². The topological polar surface area (TPSA) is 21.3 Å². The molecular formula is C18H27NO. The van der Waals surface area contributed by atoms with Crippen LogP contribution in [0, 0.1) is 5.92 Å². The lowest BCUT2D eigenvalue weighted by molar-refractivity contribution is -0.0504. The SMILES string of the molecule is CCc1ccc(C2CNC3(CCC(C)CC3)CO2)cc1. The van der Waals surface area contributed by atoms with Crippen molar-refractivity contribution in [2.75, 3.05) is 13.2 Å². The quantitative estimate of drug-likeness (QED) is 0.883. The van der Waals surface area contributed by atoms with Crippen LogP contribution in [0.2, 0.25) is 0 Å². The molecule has 0 radical (unpaired) electrons. The van der Waals surface area contributed by atoms with E-state index in [1.807, 2.05) is 0 Å². The van der Waals surface area contributed by atoms with Gasteiger partial charge in [-0.3, -0.25) is 0 Å². The molecule has 1 aliphatic heterocycles. The highest BCUT2D eigenvalue weighted by atomic mass is 16.5. The van der Waals surface area contributed by atoms with Crippen molar-refractivity contribution >= 4 is 0 Å². The molecule has 0 aromatic heterocycles. The van der Waals surface area contributed by atoms with Crippen molar-refractivity contribution in [3.8, 4) is 0 Å². The van der Waals surface area contributed by atoms with Crippen LogP contribution in [0.4, 0.5) is 0 Å². The molecule has 1 aromatic carbocycles. The van der Waals surface area contributed by atoms with Crippen LogP contribution in [-0.2, 0) is 11.2 Å². The van der Waals surface area contributed by atoms with Crippen molar-refractivity contribution in [3.63, 3.8) is 0 Å². The molecule has 1 saturated heterocycles. The Hall–Kier alpha value is -0.860. The van der Waals surface area contributed by atoms with E-state index in [1.54, 1.807) is 0 Å². The van der Waals surface area contributed by atoms with Gasteiger partial charge in [0.15, 0.2) is 0 Å². The summed E-state index contributed by atoms with van der Waals surface area (Å²) >= 11 is 0. The van der Waals surface area contributed by atoms with Gasteiger partial charge in [-0.2, -0.15) is 0 Å². The van der Waals surface area contributed by atoms with Gasteiger partial charge < -0.3 is 10.1 Å². The average Bonchev–Trinajstić information content (AvgIpc) is 2.52. The normalized spacial score (nSPS) is 34.3. The summed E-state index contributed by atoms with van der Waals surface area (Å²) in [7, 11) is 0. The van der Waals surface area contributed by atoms with Crippen LogP contribution < -0.4 is 5.32 Å². The van der Waals surface area contributed by atoms with Gasteiger partial charge in [0.1, 0.15) is 0 Å². The summed E-state index contributed by atoms with van der Waals surface area (Å²) < 4.78 is 6.20. The van der Waals surface area contributed by atoms with Crippen molar-refractivity contribution in [3.05, 3.63) is 35.4 Å². The number of rotatable bonds is 2. The highest BCUT2D eigenvalue weighted by Gasteiger charge is 2.38. The third-order valence-corrected chi connectivity index (χ3v) is 5.21. The minimum Gasteiger partial charge on any atom is -0.370 e. The van der Waals surface area contributed by atoms with Crippen LogP contribution >= 0.6 is 0 Å². The minimum atomic E-state index is 0.228. The van der Waals surface area contributed by atoms with E-state index in [0.717, 1.165) is 25.5 Å². The Morgan fingerprint density at radius 1 is 1.20 bits per heavy atom. The van der Waals surface area contributed by atoms with Gasteiger partial charge in [0, 0.05) is 12.1 Å². The van der Waals surface area contributed by atoms with Crippen LogP contribution in [0.5, 0.6) is 0 Å². The molecule has 0 bridgehead atoms. The number of aryl methyl sites for hydroxylation is 1. The van der Waals surface area contributed by atoms with E-state index in [2.05, 4.69) is 43.4 Å². The smallest absolute Gasteiger partial charge is 0.0950 e. The highest BCUT2D eigenvalue weighted by molar-refractivity contribution is 5.25. The minimum absolute atomic E-state index is 0.228. The van der Waals surface area contributed by atoms with Gasteiger partial charge in [0.25, 0.3) is 0 Å². The molecule has 20 heavy (non-hydrogen) atoms. The summed E-state index contributed by atoms with van der Waals surface area (Å²) in [6.07, 6.45) is 6.56. The second kappa shape index (κ2) is 5.87. The van der Waals surface area contributed by atoms with Crippen LogP contribution in [0.1, 0.15) is 56.8 Å². The van der Waals surface area contributed by atoms with Gasteiger partial charge in [-0.25, -0.2) is 0 Å². The lowest BCUT2D eigenvalue weighted by Crippen LogP contribution is -2.56. The van der Waals surface area contributed by atoms with Crippen molar-refractivity contribution in [2.45, 2.75) is 57.6 Å². The third kappa shape index (κ3) is 2.91. The fourth-order valence-corrected chi connectivity index (χ4v) is 3.50. The van der Waals surface area contributed by atoms with Crippen LogP contribution in [0.15, 0.2) is 24.3 Å². The predicted molar refractivity (Wildman–Crippen MR) is 82.9 cm³/mol. The second-order valence-electron chi connectivity index (χ2n) is 6.74. The first-order valence-corrected chi connectivity index (χ1v) is 8.16. The lowest BCUT2D eigenvalue weighted by atomic mass is 9.77.